The van der Waals surface area contributed by atoms with Crippen molar-refractivity contribution in [2.24, 2.45) is 0 Å². The van der Waals surface area contributed by atoms with Gasteiger partial charge in [-0.15, -0.1) is 0 Å². The highest BCUT2D eigenvalue weighted by Gasteiger charge is 2.15. The van der Waals surface area contributed by atoms with Gasteiger partial charge < -0.3 is 15.4 Å². The standard InChI is InChI=1S/C12H15BrClN3OS/c1-7-10(14)5-9(13)11(16-7)17-12(19)15-6-8-3-2-4-18-8/h5,8H,2-4,6H2,1H3,(H2,15,16,17,19). The van der Waals surface area contributed by atoms with E-state index in [-0.39, 0.29) is 6.10 Å². The molecule has 0 aromatic carbocycles. The minimum Gasteiger partial charge on any atom is -0.376 e. The molecule has 0 amide bonds. The highest BCUT2D eigenvalue weighted by atomic mass is 79.9. The maximum absolute atomic E-state index is 5.98. The zero-order valence-electron chi connectivity index (χ0n) is 10.5. The third-order valence-corrected chi connectivity index (χ3v) is 4.08. The van der Waals surface area contributed by atoms with Crippen LogP contribution in [0.5, 0.6) is 0 Å². The smallest absolute Gasteiger partial charge is 0.172 e. The molecule has 1 aliphatic heterocycles. The molecule has 0 aliphatic carbocycles. The molecule has 0 saturated carbocycles. The summed E-state index contributed by atoms with van der Waals surface area (Å²) < 4.78 is 6.30. The van der Waals surface area contributed by atoms with Crippen molar-refractivity contribution in [2.75, 3.05) is 18.5 Å². The molecule has 1 aliphatic rings. The molecule has 0 radical (unpaired) electrons. The molecule has 1 fully saturated rings. The van der Waals surface area contributed by atoms with Gasteiger partial charge in [0.2, 0.25) is 0 Å². The van der Waals surface area contributed by atoms with E-state index in [0.29, 0.717) is 16.0 Å². The van der Waals surface area contributed by atoms with Gasteiger partial charge in [-0.3, -0.25) is 0 Å². The van der Waals surface area contributed by atoms with Crippen molar-refractivity contribution in [3.63, 3.8) is 0 Å². The highest BCUT2D eigenvalue weighted by molar-refractivity contribution is 9.10. The van der Waals surface area contributed by atoms with Crippen LogP contribution in [0.25, 0.3) is 0 Å². The van der Waals surface area contributed by atoms with Gasteiger partial charge in [-0.05, 0) is 54.0 Å². The second kappa shape index (κ2) is 6.83. The number of hydrogen-bond donors (Lipinski definition) is 2. The molecule has 1 unspecified atom stereocenters. The summed E-state index contributed by atoms with van der Waals surface area (Å²) >= 11 is 14.6. The number of hydrogen-bond acceptors (Lipinski definition) is 3. The molecule has 2 heterocycles. The minimum atomic E-state index is 0.253. The minimum absolute atomic E-state index is 0.253. The van der Waals surface area contributed by atoms with Gasteiger partial charge in [-0.1, -0.05) is 11.6 Å². The highest BCUT2D eigenvalue weighted by Crippen LogP contribution is 2.25. The van der Waals surface area contributed by atoms with Crippen LogP contribution in [-0.2, 0) is 4.74 Å². The Kier molecular flexibility index (Phi) is 5.38. The van der Waals surface area contributed by atoms with Crippen LogP contribution >= 0.6 is 39.7 Å². The molecule has 104 valence electrons. The fraction of sp³-hybridized carbons (Fsp3) is 0.500. The normalized spacial score (nSPS) is 18.4. The first-order valence-corrected chi connectivity index (χ1v) is 7.63. The van der Waals surface area contributed by atoms with E-state index in [9.17, 15) is 0 Å². The number of aryl methyl sites for hydroxylation is 1. The first-order chi connectivity index (χ1) is 9.06. The number of nitrogens with one attached hydrogen (secondary N) is 2. The zero-order chi connectivity index (χ0) is 13.8. The Balaban J connectivity index is 1.89. The Morgan fingerprint density at radius 1 is 1.68 bits per heavy atom. The van der Waals surface area contributed by atoms with Crippen LogP contribution in [0.15, 0.2) is 10.5 Å². The quantitative estimate of drug-likeness (QED) is 0.806. The van der Waals surface area contributed by atoms with Gasteiger partial charge in [0.25, 0.3) is 0 Å². The van der Waals surface area contributed by atoms with Crippen LogP contribution in [0.1, 0.15) is 18.5 Å². The second-order valence-electron chi connectivity index (χ2n) is 4.36. The summed E-state index contributed by atoms with van der Waals surface area (Å²) in [5.41, 5.74) is 0.759. The average Bonchev–Trinajstić information content (AvgIpc) is 2.86. The molecule has 1 atom stereocenters. The Labute approximate surface area is 131 Å². The molecule has 1 saturated heterocycles. The number of pyridine rings is 1. The number of rotatable bonds is 3. The Morgan fingerprint density at radius 2 is 2.47 bits per heavy atom. The summed E-state index contributed by atoms with van der Waals surface area (Å²) in [6.45, 7) is 3.41. The van der Waals surface area contributed by atoms with Crippen LogP contribution in [0.2, 0.25) is 5.02 Å². The summed E-state index contributed by atoms with van der Waals surface area (Å²) in [6.07, 6.45) is 2.45. The monoisotopic (exact) mass is 363 g/mol. The fourth-order valence-corrected chi connectivity index (χ4v) is 2.69. The van der Waals surface area contributed by atoms with E-state index in [1.54, 1.807) is 6.07 Å². The molecule has 0 spiro atoms. The molecule has 2 N–H and O–H groups in total. The maximum Gasteiger partial charge on any atom is 0.172 e. The molecular formula is C12H15BrClN3OS. The number of thiocarbonyl (C=S) groups is 1. The predicted molar refractivity (Wildman–Crippen MR) is 84.9 cm³/mol. The van der Waals surface area contributed by atoms with Crippen molar-refractivity contribution in [3.05, 3.63) is 21.3 Å². The van der Waals surface area contributed by atoms with Crippen molar-refractivity contribution >= 4 is 50.7 Å². The third kappa shape index (κ3) is 4.27. The Bertz CT molecular complexity index is 480. The number of ether oxygens (including phenoxy) is 1. The van der Waals surface area contributed by atoms with Gasteiger partial charge >= 0.3 is 0 Å². The summed E-state index contributed by atoms with van der Waals surface area (Å²) in [4.78, 5) is 4.34. The van der Waals surface area contributed by atoms with Gasteiger partial charge in [0, 0.05) is 13.2 Å². The van der Waals surface area contributed by atoms with Gasteiger partial charge in [0.1, 0.15) is 5.82 Å². The van der Waals surface area contributed by atoms with E-state index in [1.807, 2.05) is 6.92 Å². The van der Waals surface area contributed by atoms with Gasteiger partial charge in [-0.2, -0.15) is 0 Å². The van der Waals surface area contributed by atoms with E-state index in [2.05, 4.69) is 31.5 Å². The van der Waals surface area contributed by atoms with Gasteiger partial charge in [0.15, 0.2) is 5.11 Å². The lowest BCUT2D eigenvalue weighted by Gasteiger charge is -2.14. The van der Waals surface area contributed by atoms with Gasteiger partial charge in [-0.25, -0.2) is 4.98 Å². The van der Waals surface area contributed by atoms with E-state index in [0.717, 1.165) is 36.2 Å². The van der Waals surface area contributed by atoms with Crippen molar-refractivity contribution < 1.29 is 4.74 Å². The molecule has 0 bridgehead atoms. The number of aromatic nitrogens is 1. The summed E-state index contributed by atoms with van der Waals surface area (Å²) in [5, 5.41) is 7.34. The van der Waals surface area contributed by atoms with E-state index in [1.165, 1.54) is 0 Å². The zero-order valence-corrected chi connectivity index (χ0v) is 13.7. The first-order valence-electron chi connectivity index (χ1n) is 6.05. The van der Waals surface area contributed by atoms with Crippen LogP contribution < -0.4 is 10.6 Å². The second-order valence-corrected chi connectivity index (χ2v) is 6.03. The van der Waals surface area contributed by atoms with Crippen LogP contribution in [0.4, 0.5) is 5.82 Å². The van der Waals surface area contributed by atoms with Crippen LogP contribution in [0, 0.1) is 6.92 Å². The average molecular weight is 365 g/mol. The Hall–Kier alpha value is -0.430. The van der Waals surface area contributed by atoms with Crippen molar-refractivity contribution in [3.8, 4) is 0 Å². The summed E-state index contributed by atoms with van der Waals surface area (Å²) in [5.74, 6) is 0.659. The molecule has 1 aromatic rings. The number of anilines is 1. The lowest BCUT2D eigenvalue weighted by atomic mass is 10.2. The molecular weight excluding hydrogens is 350 g/mol. The van der Waals surface area contributed by atoms with Crippen LogP contribution in [0.3, 0.4) is 0 Å². The molecule has 7 heteroatoms. The fourth-order valence-electron chi connectivity index (χ4n) is 1.81. The van der Waals surface area contributed by atoms with Crippen LogP contribution in [-0.4, -0.2) is 29.4 Å². The van der Waals surface area contributed by atoms with Crippen molar-refractivity contribution in [1.82, 2.24) is 10.3 Å². The number of halogens is 2. The molecule has 19 heavy (non-hydrogen) atoms. The summed E-state index contributed by atoms with van der Waals surface area (Å²) in [7, 11) is 0. The van der Waals surface area contributed by atoms with Crippen molar-refractivity contribution in [1.29, 1.82) is 0 Å². The summed E-state index contributed by atoms with van der Waals surface area (Å²) in [6, 6.07) is 1.80. The predicted octanol–water partition coefficient (Wildman–Crippen LogP) is 3.27. The van der Waals surface area contributed by atoms with E-state index in [4.69, 9.17) is 28.6 Å². The van der Waals surface area contributed by atoms with Crippen molar-refractivity contribution in [2.45, 2.75) is 25.9 Å². The maximum atomic E-state index is 5.98. The first kappa shape index (κ1) is 15.0. The molecule has 2 rings (SSSR count). The lowest BCUT2D eigenvalue weighted by molar-refractivity contribution is 0.114. The molecule has 1 aromatic heterocycles. The topological polar surface area (TPSA) is 46.2 Å². The SMILES string of the molecule is Cc1nc(NC(=S)NCC2CCCO2)c(Br)cc1Cl. The van der Waals surface area contributed by atoms with Gasteiger partial charge in [0.05, 0.1) is 21.3 Å². The number of nitrogens with zero attached hydrogens (tertiary/aromatic N) is 1. The third-order valence-electron chi connectivity index (χ3n) is 2.85. The lowest BCUT2D eigenvalue weighted by Crippen LogP contribution is -2.35. The van der Waals surface area contributed by atoms with E-state index >= 15 is 0 Å². The molecule has 4 nitrogen and oxygen atoms in total. The van der Waals surface area contributed by atoms with E-state index < -0.39 is 0 Å². The Morgan fingerprint density at radius 3 is 3.16 bits per heavy atom. The largest absolute Gasteiger partial charge is 0.376 e.